The summed E-state index contributed by atoms with van der Waals surface area (Å²) in [6.45, 7) is 39.0. The molecule has 8 heterocycles. The maximum atomic E-state index is 5.97. The SMILES string of the molecule is Cc1ccc2c(c1)Cc1cc(C)ccc1N2.Cc1ccc2c(c1)N(C)c1cc(C)ccc1O2.Cc1ccc2c(c1)N(C)c1cc(C)ccc1S2.Cc1ccc2c(c1)Nc1cc(C)ccc1C2.Cc1ccc2c(c1)Nc1cc(C)ccc1N2.Cc1ccc2c(c1)Oc1cc(C)ccc1N2C.Cc1ccc2c(c1)Sc1cc(C)ccc1N2C.Cc1ccc2c(c1)[Si](C)(C)c1cc(C)ccc1-2. The minimum atomic E-state index is -1.44. The van der Waals surface area contributed by atoms with E-state index in [9.17, 15) is 0 Å². The van der Waals surface area contributed by atoms with Gasteiger partial charge < -0.3 is 50.3 Å². The van der Waals surface area contributed by atoms with Crippen LogP contribution in [0.2, 0.25) is 13.1 Å². The molecule has 0 spiro atoms. The number of nitrogens with zero attached hydrogens (tertiary/aromatic N) is 4. The van der Waals surface area contributed by atoms with Crippen molar-refractivity contribution in [2.24, 2.45) is 0 Å². The Kier molecular flexibility index (Phi) is 26.3. The lowest BCUT2D eigenvalue weighted by Gasteiger charge is -2.30. The van der Waals surface area contributed by atoms with Crippen LogP contribution in [0.4, 0.5) is 91.0 Å². The van der Waals surface area contributed by atoms with Crippen molar-refractivity contribution >= 4 is 133 Å². The van der Waals surface area contributed by atoms with Crippen molar-refractivity contribution in [3.05, 3.63) is 402 Å². The lowest BCUT2D eigenvalue weighted by molar-refractivity contribution is 0.474. The van der Waals surface area contributed by atoms with Crippen molar-refractivity contribution < 1.29 is 9.47 Å². The number of nitrogens with one attached hydrogen (secondary N) is 4. The van der Waals surface area contributed by atoms with E-state index in [1.54, 1.807) is 10.4 Å². The predicted octanol–water partition coefficient (Wildman–Crippen LogP) is 32.5. The maximum absolute atomic E-state index is 5.97. The minimum absolute atomic E-state index is 0.925. The third-order valence-corrected chi connectivity index (χ3v) is 31.7. The smallest absolute Gasteiger partial charge is 0.151 e. The van der Waals surface area contributed by atoms with E-state index in [2.05, 4.69) is 472 Å². The van der Waals surface area contributed by atoms with E-state index >= 15 is 0 Å². The molecule has 133 heavy (non-hydrogen) atoms. The summed E-state index contributed by atoms with van der Waals surface area (Å²) in [6, 6.07) is 105. The molecule has 0 unspecified atom stereocenters. The lowest BCUT2D eigenvalue weighted by atomic mass is 9.95. The Morgan fingerprint density at radius 1 is 0.211 bits per heavy atom. The van der Waals surface area contributed by atoms with Gasteiger partial charge in [0.25, 0.3) is 0 Å². The van der Waals surface area contributed by atoms with Gasteiger partial charge in [0.15, 0.2) is 23.0 Å². The molecule has 0 radical (unpaired) electrons. The van der Waals surface area contributed by atoms with Crippen LogP contribution in [0, 0.1) is 111 Å². The van der Waals surface area contributed by atoms with Gasteiger partial charge in [0, 0.05) is 83.4 Å². The average molecular weight is 1800 g/mol. The van der Waals surface area contributed by atoms with Crippen molar-refractivity contribution in [2.45, 2.75) is 156 Å². The Morgan fingerprint density at radius 2 is 0.481 bits per heavy atom. The second-order valence-corrected chi connectivity index (χ2v) is 44.2. The van der Waals surface area contributed by atoms with E-state index in [1.807, 2.05) is 35.7 Å². The second kappa shape index (κ2) is 38.3. The highest BCUT2D eigenvalue weighted by molar-refractivity contribution is 8.00. The fourth-order valence-electron chi connectivity index (χ4n) is 18.4. The Bertz CT molecular complexity index is 6330. The topological polar surface area (TPSA) is 79.5 Å². The molecule has 16 aromatic carbocycles. The molecule has 13 heteroatoms. The molecule has 0 atom stereocenters. The third kappa shape index (κ3) is 20.1. The van der Waals surface area contributed by atoms with Crippen LogP contribution in [-0.2, 0) is 12.8 Å². The highest BCUT2D eigenvalue weighted by Gasteiger charge is 2.38. The van der Waals surface area contributed by atoms with E-state index in [1.165, 1.54) is 187 Å². The zero-order valence-electron chi connectivity index (χ0n) is 81.0. The molecule has 0 bridgehead atoms. The summed E-state index contributed by atoms with van der Waals surface area (Å²) in [6.07, 6.45) is 2.08. The number of hydrogen-bond donors (Lipinski definition) is 4. The van der Waals surface area contributed by atoms with E-state index in [0.717, 1.165) is 81.3 Å². The Labute approximate surface area is 798 Å². The summed E-state index contributed by atoms with van der Waals surface area (Å²) in [5.74, 6) is 3.72. The Morgan fingerprint density at radius 3 is 0.925 bits per heavy atom. The number of anilines is 16. The van der Waals surface area contributed by atoms with Gasteiger partial charge in [-0.2, -0.15) is 0 Å². The molecule has 8 aliphatic heterocycles. The van der Waals surface area contributed by atoms with E-state index < -0.39 is 8.07 Å². The van der Waals surface area contributed by atoms with Crippen LogP contribution >= 0.6 is 23.5 Å². The molecule has 0 saturated carbocycles. The highest BCUT2D eigenvalue weighted by atomic mass is 32.2. The van der Waals surface area contributed by atoms with Gasteiger partial charge in [0.1, 0.15) is 8.07 Å². The van der Waals surface area contributed by atoms with Gasteiger partial charge in [-0.25, -0.2) is 0 Å². The van der Waals surface area contributed by atoms with Crippen molar-refractivity contribution in [3.8, 4) is 34.1 Å². The molecular weight excluding hydrogens is 1680 g/mol. The van der Waals surface area contributed by atoms with Crippen molar-refractivity contribution in [1.82, 2.24) is 0 Å². The summed E-state index contributed by atoms with van der Waals surface area (Å²) < 4.78 is 11.9. The molecule has 670 valence electrons. The van der Waals surface area contributed by atoms with Crippen LogP contribution in [0.1, 0.15) is 111 Å². The maximum Gasteiger partial charge on any atom is 0.151 e. The number of ether oxygens (including phenoxy) is 2. The first kappa shape index (κ1) is 91.3. The molecule has 0 aromatic heterocycles. The molecule has 0 amide bonds. The summed E-state index contributed by atoms with van der Waals surface area (Å²) in [4.78, 5) is 14.3. The molecule has 24 rings (SSSR count). The zero-order chi connectivity index (χ0) is 93.5. The standard InChI is InChI=1S/C16H18Si.2C15H15NO.2C15H15NS.2C15H15N.C14H14N2/c1-11-5-7-13-14-8-6-12(2)10-16(14)17(3,4)15(13)9-11;1-10-4-6-14-12(8-10)16(3)13-9-11(2)5-7-15(13)17-14;1-10-4-6-12-14(8-10)17-15-9-11(2)5-7-13(15)16(12)3;1-10-4-6-14-12(8-10)16(3)13-9-11(2)5-7-15(13)17-14;1-10-4-6-12-14(8-10)17-15-9-11(2)5-7-13(15)16(12)3;1-10-3-5-14-12(7-10)9-13-8-11(2)4-6-15(13)16-14;1-10-3-5-12-9-13-6-4-11(2)8-15(13)16-14(12)7-10;1-9-3-5-11-13(7-9)16-14-8-10(2)4-6-12(14)15-11/h5-10H,1-4H3;4*4-9H,1-3H3;2*3-8,16H,9H2,1-2H3;3-8,15-16H,1-2H3. The van der Waals surface area contributed by atoms with Crippen molar-refractivity contribution in [1.29, 1.82) is 0 Å². The van der Waals surface area contributed by atoms with Gasteiger partial charge in [-0.05, 0) is 367 Å². The molecule has 16 aromatic rings. The van der Waals surface area contributed by atoms with Crippen LogP contribution in [0.15, 0.2) is 311 Å². The Balaban J connectivity index is 0.000000106. The summed E-state index contributed by atoms with van der Waals surface area (Å²) in [5, 5.41) is 17.1. The van der Waals surface area contributed by atoms with E-state index in [0.29, 0.717) is 0 Å². The normalized spacial score (nSPS) is 13.1. The summed E-state index contributed by atoms with van der Waals surface area (Å²) >= 11 is 3.73. The van der Waals surface area contributed by atoms with Crippen molar-refractivity contribution in [3.63, 3.8) is 0 Å². The predicted molar refractivity (Wildman–Crippen MR) is 574 cm³/mol. The quantitative estimate of drug-likeness (QED) is 0.109. The number of aryl methyl sites for hydroxylation is 16. The van der Waals surface area contributed by atoms with E-state index in [4.69, 9.17) is 9.47 Å². The van der Waals surface area contributed by atoms with Crippen LogP contribution in [0.25, 0.3) is 11.1 Å². The fraction of sp³-hybridized carbons (Fsp3) is 0.200. The van der Waals surface area contributed by atoms with Crippen LogP contribution in [0.5, 0.6) is 23.0 Å². The average Bonchev–Trinajstić information content (AvgIpc) is 1.58. The van der Waals surface area contributed by atoms with Gasteiger partial charge in [-0.1, -0.05) is 204 Å². The monoisotopic (exact) mass is 1800 g/mol. The second-order valence-electron chi connectivity index (χ2n) is 37.7. The minimum Gasteiger partial charge on any atom is -0.453 e. The first-order valence-corrected chi connectivity index (χ1v) is 50.8. The number of fused-ring (bicyclic) bond motifs is 17. The first-order valence-electron chi connectivity index (χ1n) is 46.2. The first-order chi connectivity index (χ1) is 63.8. The molecule has 8 aliphatic rings. The summed E-state index contributed by atoms with van der Waals surface area (Å²) in [7, 11) is 7.00. The Hall–Kier alpha value is -13.6. The van der Waals surface area contributed by atoms with Crippen LogP contribution in [0.3, 0.4) is 0 Å². The molecule has 4 N–H and O–H groups in total. The summed E-state index contributed by atoms with van der Waals surface area (Å²) in [5.41, 5.74) is 48.6. The number of benzene rings is 16. The van der Waals surface area contributed by atoms with Gasteiger partial charge >= 0.3 is 0 Å². The molecule has 0 fully saturated rings. The molecule has 0 saturated heterocycles. The lowest BCUT2D eigenvalue weighted by Crippen LogP contribution is -2.49. The largest absolute Gasteiger partial charge is 0.453 e. The fourth-order valence-corrected chi connectivity index (χ4v) is 24.1. The molecule has 10 nitrogen and oxygen atoms in total. The van der Waals surface area contributed by atoms with Crippen LogP contribution in [-0.4, -0.2) is 36.3 Å². The van der Waals surface area contributed by atoms with Crippen LogP contribution < -0.4 is 60.7 Å². The third-order valence-electron chi connectivity index (χ3n) is 25.9. The molecular formula is C120H122N8O2S2Si. The van der Waals surface area contributed by atoms with Gasteiger partial charge in [0.05, 0.1) is 68.2 Å². The zero-order valence-corrected chi connectivity index (χ0v) is 83.7. The number of hydrogen-bond acceptors (Lipinski definition) is 12. The van der Waals surface area contributed by atoms with Gasteiger partial charge in [0.2, 0.25) is 0 Å². The molecule has 0 aliphatic carbocycles. The van der Waals surface area contributed by atoms with E-state index in [-0.39, 0.29) is 0 Å². The highest BCUT2D eigenvalue weighted by Crippen LogP contribution is 2.52. The number of rotatable bonds is 0. The van der Waals surface area contributed by atoms with Gasteiger partial charge in [-0.3, -0.25) is 0 Å². The van der Waals surface area contributed by atoms with Gasteiger partial charge in [-0.15, -0.1) is 0 Å². The van der Waals surface area contributed by atoms with Crippen molar-refractivity contribution in [2.75, 3.05) is 69.1 Å².